The van der Waals surface area contributed by atoms with Crippen LogP contribution in [0, 0.1) is 0 Å². The Labute approximate surface area is 138 Å². The van der Waals surface area contributed by atoms with E-state index < -0.39 is 0 Å². The predicted molar refractivity (Wildman–Crippen MR) is 91.4 cm³/mol. The van der Waals surface area contributed by atoms with Gasteiger partial charge in [-0.1, -0.05) is 38.3 Å². The van der Waals surface area contributed by atoms with Crippen molar-refractivity contribution in [1.29, 1.82) is 0 Å². The molecule has 6 heteroatoms. The average Bonchev–Trinajstić information content (AvgIpc) is 2.44. The molecule has 0 aromatic carbocycles. The van der Waals surface area contributed by atoms with Gasteiger partial charge in [0.25, 0.3) is 0 Å². The fourth-order valence-electron chi connectivity index (χ4n) is 2.10. The van der Waals surface area contributed by atoms with Gasteiger partial charge in [0.15, 0.2) is 0 Å². The van der Waals surface area contributed by atoms with E-state index in [4.69, 9.17) is 23.2 Å². The molecule has 1 heterocycles. The summed E-state index contributed by atoms with van der Waals surface area (Å²) in [4.78, 5) is 10.5. The van der Waals surface area contributed by atoms with Crippen LogP contribution in [0.2, 0.25) is 10.4 Å². The normalized spacial score (nSPS) is 11.1. The third-order valence-electron chi connectivity index (χ3n) is 3.28. The van der Waals surface area contributed by atoms with Crippen molar-refractivity contribution in [2.45, 2.75) is 46.0 Å². The van der Waals surface area contributed by atoms with E-state index in [9.17, 15) is 0 Å². The SMILES string of the molecule is CCCCN(CCCC)CCCNc1cc(Cl)nc(Cl)n1. The number of nitrogens with one attached hydrogen (secondary N) is 1. The van der Waals surface area contributed by atoms with Gasteiger partial charge in [-0.25, -0.2) is 9.97 Å². The van der Waals surface area contributed by atoms with Gasteiger partial charge in [-0.2, -0.15) is 0 Å². The van der Waals surface area contributed by atoms with Crippen molar-refractivity contribution < 1.29 is 0 Å². The first-order valence-corrected chi connectivity index (χ1v) is 8.57. The van der Waals surface area contributed by atoms with Gasteiger partial charge >= 0.3 is 0 Å². The van der Waals surface area contributed by atoms with Gasteiger partial charge in [-0.05, 0) is 50.5 Å². The van der Waals surface area contributed by atoms with Crippen LogP contribution in [0.25, 0.3) is 0 Å². The van der Waals surface area contributed by atoms with Gasteiger partial charge in [0.05, 0.1) is 0 Å². The van der Waals surface area contributed by atoms with Crippen molar-refractivity contribution in [3.63, 3.8) is 0 Å². The van der Waals surface area contributed by atoms with Crippen LogP contribution in [0.3, 0.4) is 0 Å². The predicted octanol–water partition coefficient (Wildman–Crippen LogP) is 4.49. The summed E-state index contributed by atoms with van der Waals surface area (Å²) in [5.41, 5.74) is 0. The Hall–Kier alpha value is -0.580. The van der Waals surface area contributed by atoms with E-state index in [1.54, 1.807) is 6.07 Å². The van der Waals surface area contributed by atoms with Gasteiger partial charge in [0, 0.05) is 12.6 Å². The third-order valence-corrected chi connectivity index (χ3v) is 3.64. The van der Waals surface area contributed by atoms with Crippen molar-refractivity contribution in [1.82, 2.24) is 14.9 Å². The smallest absolute Gasteiger partial charge is 0.225 e. The molecular formula is C15H26Cl2N4. The first-order chi connectivity index (χ1) is 10.2. The lowest BCUT2D eigenvalue weighted by atomic mass is 10.2. The summed E-state index contributed by atoms with van der Waals surface area (Å²) in [6.45, 7) is 8.84. The van der Waals surface area contributed by atoms with Crippen molar-refractivity contribution in [3.8, 4) is 0 Å². The highest BCUT2D eigenvalue weighted by atomic mass is 35.5. The third kappa shape index (κ3) is 8.44. The Morgan fingerprint density at radius 1 is 1.00 bits per heavy atom. The highest BCUT2D eigenvalue weighted by molar-refractivity contribution is 6.32. The van der Waals surface area contributed by atoms with E-state index in [2.05, 4.69) is 34.0 Å². The molecule has 0 saturated heterocycles. The number of halogens is 2. The Balaban J connectivity index is 2.28. The molecule has 120 valence electrons. The summed E-state index contributed by atoms with van der Waals surface area (Å²) in [6, 6.07) is 1.69. The van der Waals surface area contributed by atoms with E-state index in [0.29, 0.717) is 11.0 Å². The molecule has 1 aromatic rings. The number of anilines is 1. The standard InChI is InChI=1S/C15H26Cl2N4/c1-3-5-9-21(10-6-4-2)11-7-8-18-14-12-13(16)19-15(17)20-14/h12H,3-11H2,1-2H3,(H,18,19,20). The molecule has 0 aliphatic rings. The van der Waals surface area contributed by atoms with E-state index in [-0.39, 0.29) is 5.28 Å². The second kappa shape index (κ2) is 11.0. The highest BCUT2D eigenvalue weighted by Crippen LogP contribution is 2.14. The molecular weight excluding hydrogens is 307 g/mol. The Kier molecular flexibility index (Phi) is 9.72. The van der Waals surface area contributed by atoms with Crippen LogP contribution in [0.1, 0.15) is 46.0 Å². The topological polar surface area (TPSA) is 41.0 Å². The Morgan fingerprint density at radius 3 is 2.19 bits per heavy atom. The van der Waals surface area contributed by atoms with Crippen molar-refractivity contribution in [2.75, 3.05) is 31.5 Å². The quantitative estimate of drug-likeness (QED) is 0.368. The van der Waals surface area contributed by atoms with Crippen LogP contribution >= 0.6 is 23.2 Å². The molecule has 0 bridgehead atoms. The van der Waals surface area contributed by atoms with E-state index in [1.807, 2.05) is 0 Å². The molecule has 0 amide bonds. The second-order valence-electron chi connectivity index (χ2n) is 5.17. The number of unbranched alkanes of at least 4 members (excludes halogenated alkanes) is 2. The van der Waals surface area contributed by atoms with Gasteiger partial charge < -0.3 is 10.2 Å². The highest BCUT2D eigenvalue weighted by Gasteiger charge is 2.04. The summed E-state index contributed by atoms with van der Waals surface area (Å²) >= 11 is 11.6. The zero-order valence-electron chi connectivity index (χ0n) is 13.0. The average molecular weight is 333 g/mol. The molecule has 4 nitrogen and oxygen atoms in total. The van der Waals surface area contributed by atoms with E-state index in [0.717, 1.165) is 19.5 Å². The van der Waals surface area contributed by atoms with Crippen molar-refractivity contribution >= 4 is 29.0 Å². The molecule has 21 heavy (non-hydrogen) atoms. The fourth-order valence-corrected chi connectivity index (χ4v) is 2.51. The first-order valence-electron chi connectivity index (χ1n) is 7.82. The molecule has 1 N–H and O–H groups in total. The lowest BCUT2D eigenvalue weighted by Gasteiger charge is -2.22. The summed E-state index contributed by atoms with van der Waals surface area (Å²) < 4.78 is 0. The van der Waals surface area contributed by atoms with Crippen LogP contribution in [0.15, 0.2) is 6.07 Å². The molecule has 1 aromatic heterocycles. The fraction of sp³-hybridized carbons (Fsp3) is 0.733. The second-order valence-corrected chi connectivity index (χ2v) is 5.90. The summed E-state index contributed by atoms with van der Waals surface area (Å²) in [5, 5.41) is 3.79. The maximum absolute atomic E-state index is 5.84. The molecule has 0 unspecified atom stereocenters. The molecule has 0 aliphatic carbocycles. The summed E-state index contributed by atoms with van der Waals surface area (Å²) in [7, 11) is 0. The van der Waals surface area contributed by atoms with Crippen LogP contribution < -0.4 is 5.32 Å². The number of hydrogen-bond donors (Lipinski definition) is 1. The Morgan fingerprint density at radius 2 is 1.62 bits per heavy atom. The monoisotopic (exact) mass is 332 g/mol. The van der Waals surface area contributed by atoms with Crippen LogP contribution in [0.4, 0.5) is 5.82 Å². The maximum atomic E-state index is 5.84. The number of hydrogen-bond acceptors (Lipinski definition) is 4. The molecule has 0 aliphatic heterocycles. The largest absolute Gasteiger partial charge is 0.370 e. The van der Waals surface area contributed by atoms with E-state index >= 15 is 0 Å². The van der Waals surface area contributed by atoms with Gasteiger partial charge in [-0.3, -0.25) is 0 Å². The molecule has 0 fully saturated rings. The van der Waals surface area contributed by atoms with Gasteiger partial charge in [-0.15, -0.1) is 0 Å². The number of aromatic nitrogens is 2. The summed E-state index contributed by atoms with van der Waals surface area (Å²) in [5.74, 6) is 0.689. The lowest BCUT2D eigenvalue weighted by molar-refractivity contribution is 0.264. The minimum absolute atomic E-state index is 0.178. The number of rotatable bonds is 11. The summed E-state index contributed by atoms with van der Waals surface area (Å²) in [6.07, 6.45) is 6.12. The number of nitrogens with zero attached hydrogens (tertiary/aromatic N) is 3. The van der Waals surface area contributed by atoms with Crippen molar-refractivity contribution in [2.24, 2.45) is 0 Å². The zero-order chi connectivity index (χ0) is 15.5. The van der Waals surface area contributed by atoms with Gasteiger partial charge in [0.1, 0.15) is 11.0 Å². The van der Waals surface area contributed by atoms with Gasteiger partial charge in [0.2, 0.25) is 5.28 Å². The Bertz CT molecular complexity index is 373. The maximum Gasteiger partial charge on any atom is 0.225 e. The van der Waals surface area contributed by atoms with E-state index in [1.165, 1.54) is 38.8 Å². The molecule has 0 atom stereocenters. The molecule has 1 rings (SSSR count). The van der Waals surface area contributed by atoms with Crippen LogP contribution in [-0.4, -0.2) is 41.0 Å². The van der Waals surface area contributed by atoms with Crippen LogP contribution in [-0.2, 0) is 0 Å². The van der Waals surface area contributed by atoms with Crippen LogP contribution in [0.5, 0.6) is 0 Å². The first kappa shape index (κ1) is 18.5. The lowest BCUT2D eigenvalue weighted by Crippen LogP contribution is -2.28. The molecule has 0 spiro atoms. The minimum atomic E-state index is 0.178. The zero-order valence-corrected chi connectivity index (χ0v) is 14.6. The van der Waals surface area contributed by atoms with Crippen molar-refractivity contribution in [3.05, 3.63) is 16.5 Å². The minimum Gasteiger partial charge on any atom is -0.370 e. The molecule has 0 radical (unpaired) electrons. The molecule has 0 saturated carbocycles.